The van der Waals surface area contributed by atoms with Crippen LogP contribution in [0.5, 0.6) is 0 Å². The number of hydrogen-bond donors (Lipinski definition) is 1. The Morgan fingerprint density at radius 1 is 1.26 bits per heavy atom. The van der Waals surface area contributed by atoms with Gasteiger partial charge in [-0.15, -0.1) is 0 Å². The van der Waals surface area contributed by atoms with Crippen molar-refractivity contribution >= 4 is 46.7 Å². The number of nitro benzene ring substituents is 1. The lowest BCUT2D eigenvalue weighted by Gasteiger charge is -1.96. The minimum atomic E-state index is -0.456. The Bertz CT molecular complexity index is 996. The predicted octanol–water partition coefficient (Wildman–Crippen LogP) is 3.64. The Balaban J connectivity index is 1.48. The molecule has 0 bridgehead atoms. The highest BCUT2D eigenvalue weighted by molar-refractivity contribution is 7.99. The monoisotopic (exact) mass is 382 g/mol. The molecule has 1 aromatic heterocycles. The van der Waals surface area contributed by atoms with E-state index in [1.807, 2.05) is 18.2 Å². The second-order valence-corrected chi connectivity index (χ2v) is 6.15. The molecule has 0 atom stereocenters. The molecule has 27 heavy (non-hydrogen) atoms. The molecule has 3 aromatic rings. The number of nitrogens with one attached hydrogen (secondary N) is 1. The molecule has 0 radical (unpaired) electrons. The highest BCUT2D eigenvalue weighted by Gasteiger charge is 2.09. The van der Waals surface area contributed by atoms with Gasteiger partial charge in [0.25, 0.3) is 16.8 Å². The van der Waals surface area contributed by atoms with Crippen LogP contribution in [-0.4, -0.2) is 27.8 Å². The first-order chi connectivity index (χ1) is 13.1. The van der Waals surface area contributed by atoms with E-state index in [9.17, 15) is 14.9 Å². The van der Waals surface area contributed by atoms with Crippen LogP contribution in [0.15, 0.2) is 69.3 Å². The maximum Gasteiger partial charge on any atom is 0.276 e. The Hall–Kier alpha value is -3.46. The number of nitro groups is 1. The van der Waals surface area contributed by atoms with E-state index in [0.29, 0.717) is 16.4 Å². The first-order valence-corrected chi connectivity index (χ1v) is 8.82. The van der Waals surface area contributed by atoms with Gasteiger partial charge in [-0.1, -0.05) is 36.0 Å². The fourth-order valence-corrected chi connectivity index (χ4v) is 2.80. The quantitative estimate of drug-likeness (QED) is 0.289. The number of thioether (sulfide) groups is 1. The van der Waals surface area contributed by atoms with Crippen LogP contribution in [-0.2, 0) is 4.79 Å². The number of hydrazone groups is 1. The highest BCUT2D eigenvalue weighted by atomic mass is 32.2. The molecule has 2 aromatic carbocycles. The highest BCUT2D eigenvalue weighted by Crippen LogP contribution is 2.22. The van der Waals surface area contributed by atoms with Gasteiger partial charge in [-0.2, -0.15) is 5.10 Å². The molecule has 0 aliphatic rings. The minimum absolute atomic E-state index is 0.000852. The number of nitrogens with zero attached hydrogens (tertiary/aromatic N) is 3. The van der Waals surface area contributed by atoms with Gasteiger partial charge in [-0.05, 0) is 30.4 Å². The topological polar surface area (TPSA) is 111 Å². The van der Waals surface area contributed by atoms with Crippen molar-refractivity contribution in [3.8, 4) is 0 Å². The van der Waals surface area contributed by atoms with Crippen LogP contribution in [0.1, 0.15) is 5.56 Å². The van der Waals surface area contributed by atoms with Crippen LogP contribution in [0.25, 0.3) is 17.2 Å². The molecule has 0 aliphatic carbocycles. The molecule has 8 nitrogen and oxygen atoms in total. The fraction of sp³-hybridized carbons (Fsp3) is 0.0556. The molecule has 9 heteroatoms. The van der Waals surface area contributed by atoms with Crippen LogP contribution in [0.3, 0.4) is 0 Å². The molecule has 0 saturated carbocycles. The van der Waals surface area contributed by atoms with E-state index in [4.69, 9.17) is 4.42 Å². The second kappa shape index (κ2) is 8.77. The standard InChI is InChI=1S/C18H14N4O4S/c23-17(12-27-18-20-14-8-2-4-10-16(14)26-18)21-19-11-5-7-13-6-1-3-9-15(13)22(24)25/h1-11H,12H2,(H,21,23)/b7-5-,19-11+. The van der Waals surface area contributed by atoms with Crippen molar-refractivity contribution in [1.82, 2.24) is 10.4 Å². The number of para-hydroxylation sites is 3. The maximum atomic E-state index is 11.8. The van der Waals surface area contributed by atoms with Crippen molar-refractivity contribution in [2.24, 2.45) is 5.10 Å². The van der Waals surface area contributed by atoms with E-state index in [1.54, 1.807) is 30.3 Å². The Morgan fingerprint density at radius 2 is 2.04 bits per heavy atom. The van der Waals surface area contributed by atoms with Gasteiger partial charge in [0.1, 0.15) is 5.52 Å². The van der Waals surface area contributed by atoms with E-state index in [2.05, 4.69) is 15.5 Å². The van der Waals surface area contributed by atoms with Gasteiger partial charge < -0.3 is 4.42 Å². The number of aromatic nitrogens is 1. The molecule has 0 saturated heterocycles. The third kappa shape index (κ3) is 5.02. The number of rotatable bonds is 7. The summed E-state index contributed by atoms with van der Waals surface area (Å²) in [5.41, 5.74) is 4.22. The average molecular weight is 382 g/mol. The Labute approximate surface area is 158 Å². The van der Waals surface area contributed by atoms with Crippen LogP contribution in [0.4, 0.5) is 5.69 Å². The molecule has 1 N–H and O–H groups in total. The van der Waals surface area contributed by atoms with Crippen molar-refractivity contribution in [3.63, 3.8) is 0 Å². The zero-order valence-electron chi connectivity index (χ0n) is 13.9. The van der Waals surface area contributed by atoms with Gasteiger partial charge >= 0.3 is 0 Å². The maximum absolute atomic E-state index is 11.8. The van der Waals surface area contributed by atoms with Gasteiger partial charge in [-0.25, -0.2) is 10.4 Å². The van der Waals surface area contributed by atoms with E-state index >= 15 is 0 Å². The normalized spacial score (nSPS) is 11.4. The minimum Gasteiger partial charge on any atom is -0.431 e. The zero-order chi connectivity index (χ0) is 19.1. The summed E-state index contributed by atoms with van der Waals surface area (Å²) in [6.45, 7) is 0. The summed E-state index contributed by atoms with van der Waals surface area (Å²) in [4.78, 5) is 26.5. The van der Waals surface area contributed by atoms with Crippen LogP contribution >= 0.6 is 11.8 Å². The number of carbonyl (C=O) groups excluding carboxylic acids is 1. The molecule has 0 aliphatic heterocycles. The van der Waals surface area contributed by atoms with Gasteiger partial charge in [0.2, 0.25) is 0 Å². The Kier molecular flexibility index (Phi) is 5.95. The van der Waals surface area contributed by atoms with Crippen molar-refractivity contribution in [1.29, 1.82) is 0 Å². The number of benzene rings is 2. The Morgan fingerprint density at radius 3 is 2.85 bits per heavy atom. The lowest BCUT2D eigenvalue weighted by atomic mass is 10.2. The number of amides is 1. The summed E-state index contributed by atoms with van der Waals surface area (Å²) in [6.07, 6.45) is 4.40. The number of oxazole rings is 1. The van der Waals surface area contributed by atoms with Crippen molar-refractivity contribution < 1.29 is 14.1 Å². The molecule has 3 rings (SSSR count). The molecule has 1 heterocycles. The first-order valence-electron chi connectivity index (χ1n) is 7.84. The fourth-order valence-electron chi connectivity index (χ4n) is 2.17. The largest absolute Gasteiger partial charge is 0.431 e. The first kappa shape index (κ1) is 18.3. The molecule has 0 fully saturated rings. The van der Waals surface area contributed by atoms with Crippen LogP contribution in [0, 0.1) is 10.1 Å². The zero-order valence-corrected chi connectivity index (χ0v) is 14.8. The van der Waals surface area contributed by atoms with Gasteiger partial charge in [0.05, 0.1) is 16.2 Å². The predicted molar refractivity (Wildman–Crippen MR) is 103 cm³/mol. The summed E-state index contributed by atoms with van der Waals surface area (Å²) in [7, 11) is 0. The van der Waals surface area contributed by atoms with E-state index in [0.717, 1.165) is 17.3 Å². The van der Waals surface area contributed by atoms with Crippen LogP contribution in [0.2, 0.25) is 0 Å². The number of hydrogen-bond acceptors (Lipinski definition) is 7. The number of fused-ring (bicyclic) bond motifs is 1. The molecule has 1 amide bonds. The summed E-state index contributed by atoms with van der Waals surface area (Å²) in [5, 5.41) is 15.1. The van der Waals surface area contributed by atoms with E-state index < -0.39 is 4.92 Å². The summed E-state index contributed by atoms with van der Waals surface area (Å²) >= 11 is 1.16. The molecule has 0 unspecified atom stereocenters. The van der Waals surface area contributed by atoms with E-state index in [-0.39, 0.29) is 17.3 Å². The van der Waals surface area contributed by atoms with Crippen molar-refractivity contribution in [2.45, 2.75) is 5.22 Å². The third-order valence-corrected chi connectivity index (χ3v) is 4.19. The van der Waals surface area contributed by atoms with Gasteiger partial charge in [-0.3, -0.25) is 14.9 Å². The smallest absolute Gasteiger partial charge is 0.276 e. The second-order valence-electron chi connectivity index (χ2n) is 5.22. The lowest BCUT2D eigenvalue weighted by molar-refractivity contribution is -0.385. The summed E-state index contributed by atoms with van der Waals surface area (Å²) in [6, 6.07) is 13.7. The average Bonchev–Trinajstić information content (AvgIpc) is 3.09. The molecule has 136 valence electrons. The van der Waals surface area contributed by atoms with Crippen molar-refractivity contribution in [3.05, 3.63) is 70.3 Å². The molecule has 0 spiro atoms. The van der Waals surface area contributed by atoms with E-state index in [1.165, 1.54) is 18.4 Å². The summed E-state index contributed by atoms with van der Waals surface area (Å²) in [5.74, 6) is -0.226. The van der Waals surface area contributed by atoms with Crippen LogP contribution < -0.4 is 5.43 Å². The SMILES string of the molecule is O=C(CSc1nc2ccccc2o1)N/N=C/C=C\c1ccccc1[N+](=O)[O-]. The lowest BCUT2D eigenvalue weighted by Crippen LogP contribution is -2.19. The molecular formula is C18H14N4O4S. The number of allylic oxidation sites excluding steroid dienone is 1. The molecular weight excluding hydrogens is 368 g/mol. The number of carbonyl (C=O) groups is 1. The van der Waals surface area contributed by atoms with Crippen molar-refractivity contribution in [2.75, 3.05) is 5.75 Å². The summed E-state index contributed by atoms with van der Waals surface area (Å²) < 4.78 is 5.51. The van der Waals surface area contributed by atoms with Gasteiger partial charge in [0.15, 0.2) is 5.58 Å². The van der Waals surface area contributed by atoms with Gasteiger partial charge in [0, 0.05) is 12.3 Å². The third-order valence-electron chi connectivity index (χ3n) is 3.36.